The Bertz CT molecular complexity index is 592. The van der Waals surface area contributed by atoms with Crippen LogP contribution < -0.4 is 10.6 Å². The Balaban J connectivity index is 1.64. The molecule has 2 aromatic rings. The highest BCUT2D eigenvalue weighted by molar-refractivity contribution is 5.81. The summed E-state index contributed by atoms with van der Waals surface area (Å²) in [4.78, 5) is 15.5. The molecule has 1 saturated carbocycles. The Morgan fingerprint density at radius 2 is 2.33 bits per heavy atom. The molecule has 1 aromatic carbocycles. The van der Waals surface area contributed by atoms with Crippen LogP contribution in [0.1, 0.15) is 12.8 Å². The Morgan fingerprint density at radius 3 is 3.11 bits per heavy atom. The number of carbonyl (C=O) groups is 1. The standard InChI is InChI=1S/C12H12FN3O2/c13-7-1-4-10-9(5-7)16-12(18-10)14-6-11(17)15-8-2-3-8/h1,4-5,8H,2-3,6H2,(H,14,16)(H,15,17). The van der Waals surface area contributed by atoms with E-state index in [1.807, 2.05) is 0 Å². The highest BCUT2D eigenvalue weighted by atomic mass is 19.1. The van der Waals surface area contributed by atoms with Gasteiger partial charge in [-0.1, -0.05) is 0 Å². The Labute approximate surface area is 102 Å². The van der Waals surface area contributed by atoms with E-state index in [9.17, 15) is 9.18 Å². The lowest BCUT2D eigenvalue weighted by Gasteiger charge is -2.02. The minimum atomic E-state index is -0.367. The molecular formula is C12H12FN3O2. The molecule has 0 spiro atoms. The third-order valence-corrected chi connectivity index (χ3v) is 2.69. The summed E-state index contributed by atoms with van der Waals surface area (Å²) in [5.41, 5.74) is 0.918. The first kappa shape index (κ1) is 11.0. The van der Waals surface area contributed by atoms with Crippen LogP contribution in [0.15, 0.2) is 22.6 Å². The van der Waals surface area contributed by atoms with E-state index in [-0.39, 0.29) is 24.3 Å². The largest absolute Gasteiger partial charge is 0.424 e. The molecule has 1 amide bonds. The van der Waals surface area contributed by atoms with Crippen LogP contribution in [0.25, 0.3) is 11.1 Å². The van der Waals surface area contributed by atoms with Gasteiger partial charge in [0, 0.05) is 12.1 Å². The van der Waals surface area contributed by atoms with Gasteiger partial charge in [0.1, 0.15) is 11.3 Å². The monoisotopic (exact) mass is 249 g/mol. The van der Waals surface area contributed by atoms with Crippen LogP contribution in [0.3, 0.4) is 0 Å². The molecular weight excluding hydrogens is 237 g/mol. The number of hydrogen-bond acceptors (Lipinski definition) is 4. The number of benzene rings is 1. The quantitative estimate of drug-likeness (QED) is 0.864. The van der Waals surface area contributed by atoms with Crippen molar-refractivity contribution in [3.05, 3.63) is 24.0 Å². The Morgan fingerprint density at radius 1 is 1.50 bits per heavy atom. The van der Waals surface area contributed by atoms with Crippen molar-refractivity contribution in [1.29, 1.82) is 0 Å². The average molecular weight is 249 g/mol. The zero-order valence-electron chi connectivity index (χ0n) is 9.57. The van der Waals surface area contributed by atoms with Crippen molar-refractivity contribution in [2.75, 3.05) is 11.9 Å². The van der Waals surface area contributed by atoms with Gasteiger partial charge in [-0.3, -0.25) is 4.79 Å². The molecule has 18 heavy (non-hydrogen) atoms. The van der Waals surface area contributed by atoms with Crippen molar-refractivity contribution in [1.82, 2.24) is 10.3 Å². The van der Waals surface area contributed by atoms with Crippen molar-refractivity contribution < 1.29 is 13.6 Å². The summed E-state index contributed by atoms with van der Waals surface area (Å²) in [6, 6.07) is 4.65. The van der Waals surface area contributed by atoms with Gasteiger partial charge in [-0.15, -0.1) is 0 Å². The minimum Gasteiger partial charge on any atom is -0.424 e. The number of nitrogens with one attached hydrogen (secondary N) is 2. The topological polar surface area (TPSA) is 67.2 Å². The predicted octanol–water partition coefficient (Wildman–Crippen LogP) is 1.66. The fraction of sp³-hybridized carbons (Fsp3) is 0.333. The third-order valence-electron chi connectivity index (χ3n) is 2.69. The van der Waals surface area contributed by atoms with E-state index < -0.39 is 0 Å². The molecule has 0 atom stereocenters. The maximum atomic E-state index is 12.9. The molecule has 1 heterocycles. The number of amides is 1. The molecule has 0 bridgehead atoms. The number of halogens is 1. The van der Waals surface area contributed by atoms with Gasteiger partial charge in [0.15, 0.2) is 5.58 Å². The summed E-state index contributed by atoms with van der Waals surface area (Å²) in [5.74, 6) is -0.459. The lowest BCUT2D eigenvalue weighted by atomic mass is 10.3. The molecule has 1 aliphatic carbocycles. The zero-order valence-corrected chi connectivity index (χ0v) is 9.57. The summed E-state index contributed by atoms with van der Waals surface area (Å²) in [5, 5.41) is 5.61. The number of hydrogen-bond donors (Lipinski definition) is 2. The maximum absolute atomic E-state index is 12.9. The normalized spacial score (nSPS) is 14.7. The second-order valence-corrected chi connectivity index (χ2v) is 4.33. The number of anilines is 1. The molecule has 2 N–H and O–H groups in total. The molecule has 0 radical (unpaired) electrons. The minimum absolute atomic E-state index is 0.0917. The number of fused-ring (bicyclic) bond motifs is 1. The first-order valence-corrected chi connectivity index (χ1v) is 5.80. The van der Waals surface area contributed by atoms with E-state index in [1.54, 1.807) is 0 Å². The van der Waals surface area contributed by atoms with Gasteiger partial charge >= 0.3 is 0 Å². The van der Waals surface area contributed by atoms with Crippen molar-refractivity contribution >= 4 is 23.0 Å². The van der Waals surface area contributed by atoms with Gasteiger partial charge in [-0.25, -0.2) is 4.39 Å². The SMILES string of the molecule is O=C(CNc1nc2cc(F)ccc2o1)NC1CC1. The summed E-state index contributed by atoms with van der Waals surface area (Å²) < 4.78 is 18.3. The average Bonchev–Trinajstić information content (AvgIpc) is 3.04. The predicted molar refractivity (Wildman–Crippen MR) is 63.6 cm³/mol. The molecule has 0 unspecified atom stereocenters. The molecule has 1 fully saturated rings. The Hall–Kier alpha value is -2.11. The first-order valence-electron chi connectivity index (χ1n) is 5.80. The third kappa shape index (κ3) is 2.42. The zero-order chi connectivity index (χ0) is 12.5. The lowest BCUT2D eigenvalue weighted by Crippen LogP contribution is -2.31. The van der Waals surface area contributed by atoms with E-state index in [0.29, 0.717) is 17.1 Å². The van der Waals surface area contributed by atoms with Gasteiger partial charge in [0.2, 0.25) is 5.91 Å². The van der Waals surface area contributed by atoms with E-state index in [0.717, 1.165) is 12.8 Å². The second kappa shape index (κ2) is 4.29. The fourth-order valence-electron chi connectivity index (χ4n) is 1.64. The van der Waals surface area contributed by atoms with Gasteiger partial charge in [-0.2, -0.15) is 4.98 Å². The van der Waals surface area contributed by atoms with Crippen molar-refractivity contribution in [3.63, 3.8) is 0 Å². The summed E-state index contributed by atoms with van der Waals surface area (Å²) in [6.07, 6.45) is 2.10. The van der Waals surface area contributed by atoms with E-state index >= 15 is 0 Å². The fourth-order valence-corrected chi connectivity index (χ4v) is 1.64. The lowest BCUT2D eigenvalue weighted by molar-refractivity contribution is -0.119. The van der Waals surface area contributed by atoms with Crippen molar-refractivity contribution in [3.8, 4) is 0 Å². The highest BCUT2D eigenvalue weighted by Crippen LogP contribution is 2.20. The maximum Gasteiger partial charge on any atom is 0.296 e. The Kier molecular flexibility index (Phi) is 2.62. The van der Waals surface area contributed by atoms with Crippen LogP contribution in [-0.4, -0.2) is 23.5 Å². The van der Waals surface area contributed by atoms with E-state index in [4.69, 9.17) is 4.42 Å². The van der Waals surface area contributed by atoms with Crippen LogP contribution >= 0.6 is 0 Å². The van der Waals surface area contributed by atoms with Crippen LogP contribution in [0.4, 0.5) is 10.4 Å². The summed E-state index contributed by atoms with van der Waals surface area (Å²) in [7, 11) is 0. The number of aromatic nitrogens is 1. The van der Waals surface area contributed by atoms with E-state index in [1.165, 1.54) is 18.2 Å². The van der Waals surface area contributed by atoms with Crippen molar-refractivity contribution in [2.45, 2.75) is 18.9 Å². The second-order valence-electron chi connectivity index (χ2n) is 4.33. The first-order chi connectivity index (χ1) is 8.70. The summed E-state index contributed by atoms with van der Waals surface area (Å²) >= 11 is 0. The number of rotatable bonds is 4. The highest BCUT2D eigenvalue weighted by Gasteiger charge is 2.23. The number of carbonyl (C=O) groups excluding carboxylic acids is 1. The molecule has 6 heteroatoms. The van der Waals surface area contributed by atoms with Gasteiger partial charge in [-0.05, 0) is 25.0 Å². The molecule has 94 valence electrons. The van der Waals surface area contributed by atoms with Crippen LogP contribution in [-0.2, 0) is 4.79 Å². The van der Waals surface area contributed by atoms with E-state index in [2.05, 4.69) is 15.6 Å². The smallest absolute Gasteiger partial charge is 0.296 e. The molecule has 1 aromatic heterocycles. The molecule has 3 rings (SSSR count). The van der Waals surface area contributed by atoms with Crippen LogP contribution in [0, 0.1) is 5.82 Å². The van der Waals surface area contributed by atoms with Gasteiger partial charge < -0.3 is 15.1 Å². The van der Waals surface area contributed by atoms with Crippen molar-refractivity contribution in [2.24, 2.45) is 0 Å². The molecule has 5 nitrogen and oxygen atoms in total. The molecule has 1 aliphatic rings. The molecule has 0 saturated heterocycles. The summed E-state index contributed by atoms with van der Waals surface area (Å²) in [6.45, 7) is 0.103. The van der Waals surface area contributed by atoms with Crippen LogP contribution in [0.2, 0.25) is 0 Å². The number of nitrogens with zero attached hydrogens (tertiary/aromatic N) is 1. The number of oxazole rings is 1. The van der Waals surface area contributed by atoms with Crippen LogP contribution in [0.5, 0.6) is 0 Å². The van der Waals surface area contributed by atoms with Gasteiger partial charge in [0.25, 0.3) is 6.01 Å². The van der Waals surface area contributed by atoms with Gasteiger partial charge in [0.05, 0.1) is 6.54 Å². The molecule has 0 aliphatic heterocycles.